The van der Waals surface area contributed by atoms with Gasteiger partial charge in [0.05, 0.1) is 27.5 Å². The first-order valence-corrected chi connectivity index (χ1v) is 10.9. The van der Waals surface area contributed by atoms with Crippen LogP contribution in [0.4, 0.5) is 0 Å². The highest BCUT2D eigenvalue weighted by atomic mass is 16.5. The topological polar surface area (TPSA) is 75.5 Å². The number of Topliss-reactive ketones (excluding diaryl/α,β-unsaturated/α-hetero) is 1. The van der Waals surface area contributed by atoms with Gasteiger partial charge in [-0.05, 0) is 60.5 Å². The molecule has 1 atom stereocenters. The second-order valence-electron chi connectivity index (χ2n) is 7.85. The van der Waals surface area contributed by atoms with Crippen LogP contribution in [0.25, 0.3) is 11.3 Å². The maximum Gasteiger partial charge on any atom is 0.165 e. The van der Waals surface area contributed by atoms with E-state index in [1.54, 1.807) is 56.6 Å². The van der Waals surface area contributed by atoms with Crippen molar-refractivity contribution in [1.82, 2.24) is 15.0 Å². The number of carbonyl (C=O) groups is 1. The highest BCUT2D eigenvalue weighted by molar-refractivity contribution is 5.96. The minimum atomic E-state index is -0.357. The molecule has 0 saturated carbocycles. The molecule has 0 aliphatic carbocycles. The van der Waals surface area contributed by atoms with Crippen LogP contribution in [-0.4, -0.2) is 42.1 Å². The smallest absolute Gasteiger partial charge is 0.165 e. The summed E-state index contributed by atoms with van der Waals surface area (Å²) < 4.78 is 16.0. The van der Waals surface area contributed by atoms with Crippen LogP contribution >= 0.6 is 0 Å². The first-order chi connectivity index (χ1) is 16.5. The van der Waals surface area contributed by atoms with Gasteiger partial charge in [0, 0.05) is 17.5 Å². The third kappa shape index (κ3) is 4.78. The summed E-state index contributed by atoms with van der Waals surface area (Å²) in [6.07, 6.45) is 1.92. The average Bonchev–Trinajstić information content (AvgIpc) is 3.37. The summed E-state index contributed by atoms with van der Waals surface area (Å²) in [6, 6.07) is 20.4. The molecule has 0 radical (unpaired) electrons. The van der Waals surface area contributed by atoms with Crippen molar-refractivity contribution < 1.29 is 19.0 Å². The summed E-state index contributed by atoms with van der Waals surface area (Å²) in [4.78, 5) is 14.8. The molecule has 7 nitrogen and oxygen atoms in total. The van der Waals surface area contributed by atoms with Crippen molar-refractivity contribution in [3.05, 3.63) is 89.6 Å². The summed E-state index contributed by atoms with van der Waals surface area (Å²) in [5.41, 5.74) is 4.20. The molecule has 4 aromatic rings. The second-order valence-corrected chi connectivity index (χ2v) is 7.85. The number of hydrogen-bond acceptors (Lipinski definition) is 6. The Morgan fingerprint density at radius 2 is 1.65 bits per heavy atom. The molecular weight excluding hydrogens is 430 g/mol. The molecular formula is C27H27N3O4. The number of ether oxygens (including phenoxy) is 3. The van der Waals surface area contributed by atoms with E-state index in [0.717, 1.165) is 16.7 Å². The van der Waals surface area contributed by atoms with Gasteiger partial charge in [-0.25, -0.2) is 0 Å². The van der Waals surface area contributed by atoms with E-state index in [2.05, 4.69) is 5.10 Å². The predicted octanol–water partition coefficient (Wildman–Crippen LogP) is 5.14. The quantitative estimate of drug-likeness (QED) is 0.324. The number of carbonyl (C=O) groups excluding carboxylic acids is 1. The standard InChI is InChI=1S/C27H27N3O4/c1-18-7-5-6-8-22(18)24(16-25(31)19-9-12-21(32-2)13-10-19)30-28-17-23(29-30)20-11-14-26(33-3)27(15-20)34-4/h5-15,17,24H,16H2,1-4H3. The first kappa shape index (κ1) is 23.0. The summed E-state index contributed by atoms with van der Waals surface area (Å²) in [5.74, 6) is 1.96. The molecule has 0 aliphatic rings. The number of aryl methyl sites for hydroxylation is 1. The molecule has 0 fully saturated rings. The van der Waals surface area contributed by atoms with Gasteiger partial charge in [-0.1, -0.05) is 24.3 Å². The Labute approximate surface area is 198 Å². The van der Waals surface area contributed by atoms with Gasteiger partial charge >= 0.3 is 0 Å². The SMILES string of the molecule is COc1ccc(C(=O)CC(c2ccccc2C)n2ncc(-c3ccc(OC)c(OC)c3)n2)cc1. The van der Waals surface area contributed by atoms with Gasteiger partial charge in [0.2, 0.25) is 0 Å². The van der Waals surface area contributed by atoms with Crippen LogP contribution in [0, 0.1) is 6.92 Å². The fraction of sp³-hybridized carbons (Fsp3) is 0.222. The van der Waals surface area contributed by atoms with Gasteiger partial charge in [-0.3, -0.25) is 4.79 Å². The van der Waals surface area contributed by atoms with Crippen molar-refractivity contribution in [1.29, 1.82) is 0 Å². The molecule has 1 heterocycles. The monoisotopic (exact) mass is 457 g/mol. The van der Waals surface area contributed by atoms with Crippen molar-refractivity contribution in [3.63, 3.8) is 0 Å². The second kappa shape index (κ2) is 10.2. The molecule has 7 heteroatoms. The van der Waals surface area contributed by atoms with Crippen LogP contribution in [0.3, 0.4) is 0 Å². The summed E-state index contributed by atoms with van der Waals surface area (Å²) in [6.45, 7) is 2.03. The van der Waals surface area contributed by atoms with Gasteiger partial charge in [0.1, 0.15) is 17.5 Å². The molecule has 0 aliphatic heterocycles. The zero-order chi connectivity index (χ0) is 24.1. The van der Waals surface area contributed by atoms with Gasteiger partial charge < -0.3 is 14.2 Å². The first-order valence-electron chi connectivity index (χ1n) is 10.9. The molecule has 0 saturated heterocycles. The average molecular weight is 458 g/mol. The predicted molar refractivity (Wildman–Crippen MR) is 130 cm³/mol. The number of ketones is 1. The number of benzene rings is 3. The minimum Gasteiger partial charge on any atom is -0.497 e. The maximum absolute atomic E-state index is 13.2. The third-order valence-corrected chi connectivity index (χ3v) is 5.80. The van der Waals surface area contributed by atoms with Crippen molar-refractivity contribution in [2.24, 2.45) is 0 Å². The lowest BCUT2D eigenvalue weighted by atomic mass is 9.95. The van der Waals surface area contributed by atoms with E-state index < -0.39 is 0 Å². The van der Waals surface area contributed by atoms with E-state index in [1.807, 2.05) is 49.4 Å². The zero-order valence-electron chi connectivity index (χ0n) is 19.7. The minimum absolute atomic E-state index is 0.000808. The number of methoxy groups -OCH3 is 3. The van der Waals surface area contributed by atoms with Gasteiger partial charge in [-0.2, -0.15) is 15.0 Å². The van der Waals surface area contributed by atoms with E-state index in [1.165, 1.54) is 0 Å². The molecule has 34 heavy (non-hydrogen) atoms. The molecule has 0 amide bonds. The van der Waals surface area contributed by atoms with Crippen LogP contribution in [0.2, 0.25) is 0 Å². The van der Waals surface area contributed by atoms with Gasteiger partial charge in [-0.15, -0.1) is 0 Å². The lowest BCUT2D eigenvalue weighted by Crippen LogP contribution is -2.19. The lowest BCUT2D eigenvalue weighted by molar-refractivity contribution is 0.0964. The van der Waals surface area contributed by atoms with E-state index in [-0.39, 0.29) is 18.2 Å². The van der Waals surface area contributed by atoms with E-state index >= 15 is 0 Å². The molecule has 3 aromatic carbocycles. The molecule has 0 N–H and O–H groups in total. The fourth-order valence-corrected chi connectivity index (χ4v) is 3.90. The van der Waals surface area contributed by atoms with Gasteiger partial charge in [0.25, 0.3) is 0 Å². The normalized spacial score (nSPS) is 11.6. The van der Waals surface area contributed by atoms with Crippen molar-refractivity contribution in [2.75, 3.05) is 21.3 Å². The van der Waals surface area contributed by atoms with Crippen molar-refractivity contribution in [2.45, 2.75) is 19.4 Å². The van der Waals surface area contributed by atoms with E-state index in [4.69, 9.17) is 19.3 Å². The highest BCUT2D eigenvalue weighted by Crippen LogP contribution is 2.32. The Bertz CT molecular complexity index is 1280. The molecule has 0 spiro atoms. The number of rotatable bonds is 9. The number of aromatic nitrogens is 3. The molecule has 0 bridgehead atoms. The molecule has 4 rings (SSSR count). The Morgan fingerprint density at radius 1 is 0.912 bits per heavy atom. The van der Waals surface area contributed by atoms with Crippen molar-refractivity contribution >= 4 is 5.78 Å². The van der Waals surface area contributed by atoms with E-state index in [0.29, 0.717) is 28.5 Å². The molecule has 1 unspecified atom stereocenters. The number of nitrogens with zero attached hydrogens (tertiary/aromatic N) is 3. The lowest BCUT2D eigenvalue weighted by Gasteiger charge is -2.18. The molecule has 1 aromatic heterocycles. The van der Waals surface area contributed by atoms with Gasteiger partial charge in [0.15, 0.2) is 17.3 Å². The maximum atomic E-state index is 13.2. The Kier molecular flexibility index (Phi) is 6.92. The van der Waals surface area contributed by atoms with Crippen LogP contribution in [0.15, 0.2) is 72.9 Å². The zero-order valence-corrected chi connectivity index (χ0v) is 19.7. The van der Waals surface area contributed by atoms with Crippen molar-refractivity contribution in [3.8, 4) is 28.5 Å². The summed E-state index contributed by atoms with van der Waals surface area (Å²) in [7, 11) is 4.79. The van der Waals surface area contributed by atoms with Crippen LogP contribution in [0.5, 0.6) is 17.2 Å². The Hall–Kier alpha value is -4.13. The fourth-order valence-electron chi connectivity index (χ4n) is 3.90. The largest absolute Gasteiger partial charge is 0.497 e. The Morgan fingerprint density at radius 3 is 2.32 bits per heavy atom. The van der Waals surface area contributed by atoms with Crippen LogP contribution < -0.4 is 14.2 Å². The Balaban J connectivity index is 1.68. The summed E-state index contributed by atoms with van der Waals surface area (Å²) >= 11 is 0. The third-order valence-electron chi connectivity index (χ3n) is 5.80. The van der Waals surface area contributed by atoms with Crippen LogP contribution in [-0.2, 0) is 0 Å². The molecule has 174 valence electrons. The van der Waals surface area contributed by atoms with E-state index in [9.17, 15) is 4.79 Å². The van der Waals surface area contributed by atoms with Crippen LogP contribution in [0.1, 0.15) is 33.9 Å². The highest BCUT2D eigenvalue weighted by Gasteiger charge is 2.23. The number of hydrogen-bond donors (Lipinski definition) is 0. The summed E-state index contributed by atoms with van der Waals surface area (Å²) in [5, 5.41) is 9.28.